The zero-order valence-corrected chi connectivity index (χ0v) is 13.7. The summed E-state index contributed by atoms with van der Waals surface area (Å²) in [4.78, 5) is 12.1. The van der Waals surface area contributed by atoms with Crippen molar-refractivity contribution < 1.29 is 14.9 Å². The van der Waals surface area contributed by atoms with Crippen LogP contribution in [0.2, 0.25) is 0 Å². The van der Waals surface area contributed by atoms with Gasteiger partial charge < -0.3 is 26.0 Å². The highest BCUT2D eigenvalue weighted by Gasteiger charge is 2.14. The SMILES string of the molecule is C#Cc1cc(Oc2cnc(N)nc2NCC(O)CO)c(C(=C)C)cn1. The van der Waals surface area contributed by atoms with E-state index in [1.807, 2.05) is 6.92 Å². The maximum absolute atomic E-state index is 9.48. The maximum atomic E-state index is 9.48. The first-order valence-electron chi connectivity index (χ1n) is 7.40. The molecule has 0 amide bonds. The van der Waals surface area contributed by atoms with Crippen LogP contribution in [0.1, 0.15) is 18.2 Å². The van der Waals surface area contributed by atoms with E-state index in [0.29, 0.717) is 17.0 Å². The molecule has 0 saturated heterocycles. The first kappa shape index (κ1) is 18.2. The minimum absolute atomic E-state index is 0.0347. The highest BCUT2D eigenvalue weighted by molar-refractivity contribution is 5.68. The number of nitrogens with zero attached hydrogens (tertiary/aromatic N) is 3. The van der Waals surface area contributed by atoms with Crippen LogP contribution in [0, 0.1) is 12.3 Å². The van der Waals surface area contributed by atoms with Crippen LogP contribution in [0.4, 0.5) is 11.8 Å². The fourth-order valence-electron chi connectivity index (χ4n) is 1.90. The van der Waals surface area contributed by atoms with E-state index in [-0.39, 0.29) is 30.7 Å². The molecule has 2 heterocycles. The van der Waals surface area contributed by atoms with Gasteiger partial charge in [-0.2, -0.15) is 4.98 Å². The van der Waals surface area contributed by atoms with Crippen LogP contribution in [-0.2, 0) is 0 Å². The van der Waals surface area contributed by atoms with Crippen LogP contribution < -0.4 is 15.8 Å². The maximum Gasteiger partial charge on any atom is 0.222 e. The second kappa shape index (κ2) is 8.10. The summed E-state index contributed by atoms with van der Waals surface area (Å²) in [6, 6.07) is 1.60. The summed E-state index contributed by atoms with van der Waals surface area (Å²) in [5, 5.41) is 21.3. The summed E-state index contributed by atoms with van der Waals surface area (Å²) in [6.45, 7) is 5.37. The average Bonchev–Trinajstić information content (AvgIpc) is 2.61. The van der Waals surface area contributed by atoms with Gasteiger partial charge in [0.25, 0.3) is 0 Å². The number of aromatic nitrogens is 3. The predicted octanol–water partition coefficient (Wildman–Crippen LogP) is 1.03. The molecule has 0 aliphatic rings. The fourth-order valence-corrected chi connectivity index (χ4v) is 1.90. The van der Waals surface area contributed by atoms with Crippen molar-refractivity contribution >= 4 is 17.3 Å². The Labute approximate surface area is 145 Å². The van der Waals surface area contributed by atoms with Crippen molar-refractivity contribution in [1.82, 2.24) is 15.0 Å². The number of ether oxygens (including phenoxy) is 1. The minimum Gasteiger partial charge on any atom is -0.451 e. The van der Waals surface area contributed by atoms with Crippen molar-refractivity contribution in [3.63, 3.8) is 0 Å². The number of nitrogens with one attached hydrogen (secondary N) is 1. The summed E-state index contributed by atoms with van der Waals surface area (Å²) in [5.74, 6) is 3.46. The molecule has 0 aromatic carbocycles. The van der Waals surface area contributed by atoms with Gasteiger partial charge in [-0.25, -0.2) is 9.97 Å². The van der Waals surface area contributed by atoms with E-state index in [0.717, 1.165) is 5.57 Å². The lowest BCUT2D eigenvalue weighted by Gasteiger charge is -2.15. The van der Waals surface area contributed by atoms with Gasteiger partial charge in [-0.1, -0.05) is 12.5 Å². The van der Waals surface area contributed by atoms with Gasteiger partial charge in [0.1, 0.15) is 11.4 Å². The monoisotopic (exact) mass is 341 g/mol. The molecule has 0 spiro atoms. The van der Waals surface area contributed by atoms with Gasteiger partial charge in [0, 0.05) is 24.4 Å². The molecule has 0 aliphatic heterocycles. The molecule has 0 bridgehead atoms. The Bertz CT molecular complexity index is 816. The number of hydrogen-bond donors (Lipinski definition) is 4. The lowest BCUT2D eigenvalue weighted by molar-refractivity contribution is 0.105. The number of aliphatic hydroxyl groups excluding tert-OH is 2. The normalized spacial score (nSPS) is 11.4. The van der Waals surface area contributed by atoms with Crippen LogP contribution in [0.5, 0.6) is 11.5 Å². The van der Waals surface area contributed by atoms with Crippen LogP contribution in [0.3, 0.4) is 0 Å². The number of nitrogens with two attached hydrogens (primary N) is 1. The van der Waals surface area contributed by atoms with Crippen molar-refractivity contribution in [1.29, 1.82) is 0 Å². The van der Waals surface area contributed by atoms with E-state index in [4.69, 9.17) is 22.0 Å². The Morgan fingerprint density at radius 2 is 2.20 bits per heavy atom. The molecule has 0 radical (unpaired) electrons. The molecule has 0 saturated carbocycles. The van der Waals surface area contributed by atoms with Crippen LogP contribution in [-0.4, -0.2) is 44.4 Å². The summed E-state index contributed by atoms with van der Waals surface area (Å²) in [6.07, 6.45) is 7.41. The van der Waals surface area contributed by atoms with Crippen molar-refractivity contribution in [2.45, 2.75) is 13.0 Å². The Kier molecular flexibility index (Phi) is 5.89. The Balaban J connectivity index is 2.37. The van der Waals surface area contributed by atoms with E-state index in [1.54, 1.807) is 12.3 Å². The molecule has 25 heavy (non-hydrogen) atoms. The molecule has 8 nitrogen and oxygen atoms in total. The average molecular weight is 341 g/mol. The number of nitrogen functional groups attached to an aromatic ring is 1. The second-order valence-electron chi connectivity index (χ2n) is 5.25. The third kappa shape index (κ3) is 4.67. The Hall–Kier alpha value is -3.15. The van der Waals surface area contributed by atoms with Crippen LogP contribution in [0.15, 0.2) is 25.0 Å². The number of rotatable bonds is 7. The predicted molar refractivity (Wildman–Crippen MR) is 95.0 cm³/mol. The third-order valence-electron chi connectivity index (χ3n) is 3.18. The number of allylic oxidation sites excluding steroid dienone is 1. The van der Waals surface area contributed by atoms with E-state index in [2.05, 4.69) is 32.8 Å². The molecular formula is C17H19N5O3. The highest BCUT2D eigenvalue weighted by atomic mass is 16.5. The van der Waals surface area contributed by atoms with Gasteiger partial charge in [-0.3, -0.25) is 0 Å². The molecule has 130 valence electrons. The lowest BCUT2D eigenvalue weighted by atomic mass is 10.1. The number of aliphatic hydroxyl groups is 2. The lowest BCUT2D eigenvalue weighted by Crippen LogP contribution is -2.23. The van der Waals surface area contributed by atoms with Gasteiger partial charge in [0.2, 0.25) is 5.95 Å². The molecule has 2 rings (SSSR count). The quantitative estimate of drug-likeness (QED) is 0.550. The summed E-state index contributed by atoms with van der Waals surface area (Å²) < 4.78 is 5.88. The topological polar surface area (TPSA) is 126 Å². The van der Waals surface area contributed by atoms with Gasteiger partial charge in [-0.05, 0) is 12.5 Å². The molecule has 8 heteroatoms. The van der Waals surface area contributed by atoms with Crippen molar-refractivity contribution in [2.24, 2.45) is 0 Å². The van der Waals surface area contributed by atoms with Crippen LogP contribution >= 0.6 is 0 Å². The van der Waals surface area contributed by atoms with Crippen molar-refractivity contribution in [3.05, 3.63) is 36.3 Å². The molecule has 5 N–H and O–H groups in total. The molecular weight excluding hydrogens is 322 g/mol. The van der Waals surface area contributed by atoms with E-state index >= 15 is 0 Å². The van der Waals surface area contributed by atoms with E-state index in [9.17, 15) is 5.11 Å². The van der Waals surface area contributed by atoms with E-state index in [1.165, 1.54) is 6.20 Å². The second-order valence-corrected chi connectivity index (χ2v) is 5.25. The van der Waals surface area contributed by atoms with Gasteiger partial charge in [-0.15, -0.1) is 6.42 Å². The first-order chi connectivity index (χ1) is 11.9. The third-order valence-corrected chi connectivity index (χ3v) is 3.18. The van der Waals surface area contributed by atoms with Gasteiger partial charge in [0.15, 0.2) is 11.6 Å². The van der Waals surface area contributed by atoms with E-state index < -0.39 is 6.10 Å². The summed E-state index contributed by atoms with van der Waals surface area (Å²) in [5.41, 5.74) is 7.43. The first-order valence-corrected chi connectivity index (χ1v) is 7.40. The number of hydrogen-bond acceptors (Lipinski definition) is 8. The van der Waals surface area contributed by atoms with Gasteiger partial charge in [0.05, 0.1) is 18.9 Å². The Morgan fingerprint density at radius 3 is 2.84 bits per heavy atom. The molecule has 1 atom stereocenters. The Morgan fingerprint density at radius 1 is 1.44 bits per heavy atom. The van der Waals surface area contributed by atoms with Crippen LogP contribution in [0.25, 0.3) is 5.57 Å². The molecule has 0 fully saturated rings. The number of terminal acetylenes is 1. The summed E-state index contributed by atoms with van der Waals surface area (Å²) in [7, 11) is 0. The highest BCUT2D eigenvalue weighted by Crippen LogP contribution is 2.32. The number of pyridine rings is 1. The zero-order valence-electron chi connectivity index (χ0n) is 13.7. The van der Waals surface area contributed by atoms with Crippen molar-refractivity contribution in [3.8, 4) is 23.8 Å². The zero-order chi connectivity index (χ0) is 18.4. The largest absolute Gasteiger partial charge is 0.451 e. The molecule has 2 aromatic rings. The summed E-state index contributed by atoms with van der Waals surface area (Å²) >= 11 is 0. The number of anilines is 2. The molecule has 2 aromatic heterocycles. The molecule has 1 unspecified atom stereocenters. The van der Waals surface area contributed by atoms with Gasteiger partial charge >= 0.3 is 0 Å². The fraction of sp³-hybridized carbons (Fsp3) is 0.235. The molecule has 0 aliphatic carbocycles. The minimum atomic E-state index is -0.955. The van der Waals surface area contributed by atoms with Crippen molar-refractivity contribution in [2.75, 3.05) is 24.2 Å². The standard InChI is InChI=1S/C17H19N5O3/c1-4-11-5-14(13(7-19-11)10(2)3)25-15-8-21-17(18)22-16(15)20-6-12(24)9-23/h1,5,7-8,12,23-24H,2,6,9H2,3H3,(H3,18,20,21,22). The smallest absolute Gasteiger partial charge is 0.222 e.